The Kier molecular flexibility index (Phi) is 3.36. The first-order chi connectivity index (χ1) is 13.2. The van der Waals surface area contributed by atoms with Gasteiger partial charge in [-0.15, -0.1) is 0 Å². The molecule has 0 aliphatic rings. The lowest BCUT2D eigenvalue weighted by atomic mass is 10.0. The van der Waals surface area contributed by atoms with Gasteiger partial charge in [0.25, 0.3) is 0 Å². The van der Waals surface area contributed by atoms with Crippen LogP contribution in [-0.2, 0) is 0 Å². The van der Waals surface area contributed by atoms with Gasteiger partial charge in [0.05, 0.1) is 16.9 Å². The summed E-state index contributed by atoms with van der Waals surface area (Å²) in [7, 11) is 0. The smallest absolute Gasteiger partial charge is 0.180 e. The monoisotopic (exact) mass is 352 g/mol. The molecule has 0 amide bonds. The van der Waals surface area contributed by atoms with Crippen LogP contribution in [0.3, 0.4) is 0 Å². The highest BCUT2D eigenvalue weighted by molar-refractivity contribution is 5.90. The summed E-state index contributed by atoms with van der Waals surface area (Å²) in [6.07, 6.45) is 8.99. The first kappa shape index (κ1) is 15.5. The summed E-state index contributed by atoms with van der Waals surface area (Å²) in [5.74, 6) is 0.397. The van der Waals surface area contributed by atoms with Crippen molar-refractivity contribution in [1.29, 1.82) is 0 Å². The molecule has 4 aromatic heterocycles. The summed E-state index contributed by atoms with van der Waals surface area (Å²) in [4.78, 5) is 17.6. The number of aryl methyl sites for hydroxylation is 1. The number of anilines is 1. The number of hydrogen-bond acceptors (Lipinski definition) is 5. The predicted octanol–water partition coefficient (Wildman–Crippen LogP) is 3.90. The fourth-order valence-corrected chi connectivity index (χ4v) is 3.43. The number of imidazole rings is 1. The molecule has 6 heteroatoms. The Hall–Kier alpha value is -3.80. The second-order valence-corrected chi connectivity index (χ2v) is 6.41. The zero-order valence-corrected chi connectivity index (χ0v) is 14.7. The van der Waals surface area contributed by atoms with Crippen LogP contribution < -0.4 is 5.73 Å². The molecule has 2 N–H and O–H groups in total. The Morgan fingerprint density at radius 1 is 0.889 bits per heavy atom. The minimum Gasteiger partial charge on any atom is -0.381 e. The van der Waals surface area contributed by atoms with Crippen LogP contribution in [0.5, 0.6) is 0 Å². The number of pyridine rings is 2. The zero-order valence-electron chi connectivity index (χ0n) is 14.7. The van der Waals surface area contributed by atoms with Crippen LogP contribution in [0.15, 0.2) is 67.4 Å². The number of nitrogens with two attached hydrogens (primary N) is 1. The number of benzene rings is 1. The van der Waals surface area contributed by atoms with E-state index in [2.05, 4.69) is 39.0 Å². The fraction of sp³-hybridized carbons (Fsp3) is 0.0476. The number of fused-ring (bicyclic) bond motifs is 2. The number of rotatable bonds is 2. The van der Waals surface area contributed by atoms with Crippen molar-refractivity contribution in [3.05, 3.63) is 72.9 Å². The van der Waals surface area contributed by atoms with E-state index in [-0.39, 0.29) is 0 Å². The third-order valence-electron chi connectivity index (χ3n) is 4.75. The lowest BCUT2D eigenvalue weighted by molar-refractivity contribution is 1.14. The molecule has 0 atom stereocenters. The van der Waals surface area contributed by atoms with Crippen molar-refractivity contribution >= 4 is 22.4 Å². The molecule has 6 nitrogen and oxygen atoms in total. The average Bonchev–Trinajstić information content (AvgIpc) is 3.19. The third-order valence-corrected chi connectivity index (χ3v) is 4.75. The molecule has 5 rings (SSSR count). The number of aromatic nitrogens is 5. The lowest BCUT2D eigenvalue weighted by Gasteiger charge is -2.14. The summed E-state index contributed by atoms with van der Waals surface area (Å²) in [6.45, 7) is 2.09. The Labute approximate surface area is 155 Å². The second kappa shape index (κ2) is 5.88. The van der Waals surface area contributed by atoms with Gasteiger partial charge in [-0.2, -0.15) is 0 Å². The molecule has 4 heterocycles. The summed E-state index contributed by atoms with van der Waals surface area (Å²) in [5, 5.41) is 1.11. The van der Waals surface area contributed by atoms with Crippen LogP contribution in [-0.4, -0.2) is 24.3 Å². The van der Waals surface area contributed by atoms with Gasteiger partial charge in [-0.25, -0.2) is 9.97 Å². The molecule has 0 aliphatic heterocycles. The molecule has 0 radical (unpaired) electrons. The molecule has 5 aromatic rings. The van der Waals surface area contributed by atoms with E-state index in [4.69, 9.17) is 5.73 Å². The highest BCUT2D eigenvalue weighted by atomic mass is 15.1. The third kappa shape index (κ3) is 2.42. The normalized spacial score (nSPS) is 11.3. The molecule has 0 saturated heterocycles. The number of nitrogen functional groups attached to an aromatic ring is 1. The van der Waals surface area contributed by atoms with Crippen LogP contribution in [0, 0.1) is 6.92 Å². The zero-order chi connectivity index (χ0) is 18.4. The molecule has 0 fully saturated rings. The van der Waals surface area contributed by atoms with E-state index in [9.17, 15) is 0 Å². The van der Waals surface area contributed by atoms with E-state index in [1.807, 2.05) is 41.1 Å². The number of nitrogens with zero attached hydrogens (tertiary/aromatic N) is 5. The van der Waals surface area contributed by atoms with Crippen LogP contribution >= 0.6 is 0 Å². The molecule has 0 spiro atoms. The van der Waals surface area contributed by atoms with Gasteiger partial charge in [0.2, 0.25) is 0 Å². The fourth-order valence-electron chi connectivity index (χ4n) is 3.43. The van der Waals surface area contributed by atoms with E-state index in [1.54, 1.807) is 18.6 Å². The van der Waals surface area contributed by atoms with Gasteiger partial charge >= 0.3 is 0 Å². The maximum Gasteiger partial charge on any atom is 0.180 e. The summed E-state index contributed by atoms with van der Waals surface area (Å²) >= 11 is 0. The predicted molar refractivity (Wildman–Crippen MR) is 106 cm³/mol. The van der Waals surface area contributed by atoms with Gasteiger partial charge in [0, 0.05) is 47.5 Å². The average molecular weight is 352 g/mol. The van der Waals surface area contributed by atoms with Crippen molar-refractivity contribution in [2.24, 2.45) is 0 Å². The number of hydrogen-bond donors (Lipinski definition) is 1. The Morgan fingerprint density at radius 2 is 1.74 bits per heavy atom. The van der Waals surface area contributed by atoms with Crippen LogP contribution in [0.4, 0.5) is 5.82 Å². The second-order valence-electron chi connectivity index (χ2n) is 6.41. The van der Waals surface area contributed by atoms with E-state index in [1.165, 1.54) is 5.56 Å². The largest absolute Gasteiger partial charge is 0.381 e. The molecule has 0 unspecified atom stereocenters. The van der Waals surface area contributed by atoms with Crippen molar-refractivity contribution in [3.8, 4) is 22.5 Å². The van der Waals surface area contributed by atoms with Crippen molar-refractivity contribution in [2.75, 3.05) is 5.73 Å². The van der Waals surface area contributed by atoms with Gasteiger partial charge in [-0.05, 0) is 42.8 Å². The van der Waals surface area contributed by atoms with Gasteiger partial charge in [-0.3, -0.25) is 14.4 Å². The molecule has 130 valence electrons. The molecule has 0 bridgehead atoms. The van der Waals surface area contributed by atoms with Crippen molar-refractivity contribution in [1.82, 2.24) is 24.3 Å². The quantitative estimate of drug-likeness (QED) is 0.521. The summed E-state index contributed by atoms with van der Waals surface area (Å²) in [5.41, 5.74) is 12.7. The van der Waals surface area contributed by atoms with Crippen molar-refractivity contribution in [2.45, 2.75) is 6.92 Å². The highest BCUT2D eigenvalue weighted by Gasteiger charge is 2.17. The van der Waals surface area contributed by atoms with Gasteiger partial charge in [0.15, 0.2) is 11.5 Å². The highest BCUT2D eigenvalue weighted by Crippen LogP contribution is 2.34. The van der Waals surface area contributed by atoms with Crippen molar-refractivity contribution < 1.29 is 0 Å². The topological polar surface area (TPSA) is 82.0 Å². The summed E-state index contributed by atoms with van der Waals surface area (Å²) in [6, 6.07) is 12.1. The van der Waals surface area contributed by atoms with Crippen molar-refractivity contribution in [3.63, 3.8) is 0 Å². The summed E-state index contributed by atoms with van der Waals surface area (Å²) < 4.78 is 1.99. The van der Waals surface area contributed by atoms with E-state index >= 15 is 0 Å². The maximum atomic E-state index is 6.18. The first-order valence-corrected chi connectivity index (χ1v) is 8.61. The molecule has 27 heavy (non-hydrogen) atoms. The standard InChI is InChI=1S/C21H16N6/c1-13-4-9-24-17-3-2-15(12-16(13)17)19-18(14-5-7-23-8-6-14)26-20(22)21-25-10-11-27(19)21/h2-12H,1H3,(H2,22,26). The van der Waals surface area contributed by atoms with Gasteiger partial charge < -0.3 is 5.73 Å². The van der Waals surface area contributed by atoms with Gasteiger partial charge in [0.1, 0.15) is 0 Å². The minimum absolute atomic E-state index is 0.397. The Balaban J connectivity index is 1.88. The lowest BCUT2D eigenvalue weighted by Crippen LogP contribution is -2.03. The first-order valence-electron chi connectivity index (χ1n) is 8.61. The Bertz CT molecular complexity index is 1290. The van der Waals surface area contributed by atoms with E-state index in [0.717, 1.165) is 33.4 Å². The SMILES string of the molecule is Cc1ccnc2ccc(-c3c(-c4ccncc4)nc(N)c4nccn34)cc12. The Morgan fingerprint density at radius 3 is 2.59 bits per heavy atom. The maximum absolute atomic E-state index is 6.18. The minimum atomic E-state index is 0.397. The molecule has 0 aliphatic carbocycles. The molecular formula is C21H16N6. The van der Waals surface area contributed by atoms with Crippen LogP contribution in [0.25, 0.3) is 39.1 Å². The van der Waals surface area contributed by atoms with Gasteiger partial charge in [-0.1, -0.05) is 6.07 Å². The van der Waals surface area contributed by atoms with E-state index < -0.39 is 0 Å². The molecule has 1 aromatic carbocycles. The van der Waals surface area contributed by atoms with E-state index in [0.29, 0.717) is 11.5 Å². The molecule has 0 saturated carbocycles. The van der Waals surface area contributed by atoms with Crippen LogP contribution in [0.2, 0.25) is 0 Å². The van der Waals surface area contributed by atoms with Crippen LogP contribution in [0.1, 0.15) is 5.56 Å². The molecular weight excluding hydrogens is 336 g/mol.